The van der Waals surface area contributed by atoms with E-state index in [-0.39, 0.29) is 0 Å². The first kappa shape index (κ1) is 17.0. The van der Waals surface area contributed by atoms with Crippen molar-refractivity contribution in [2.24, 2.45) is 0 Å². The third-order valence-corrected chi connectivity index (χ3v) is 5.30. The molecule has 0 aliphatic carbocycles. The summed E-state index contributed by atoms with van der Waals surface area (Å²) in [6.07, 6.45) is 7.65. The first-order valence-corrected chi connectivity index (χ1v) is 9.87. The van der Waals surface area contributed by atoms with Gasteiger partial charge in [-0.1, -0.05) is 11.3 Å². The first-order valence-electron chi connectivity index (χ1n) is 9.05. The van der Waals surface area contributed by atoms with E-state index in [0.29, 0.717) is 47.0 Å². The smallest absolute Gasteiger partial charge is 0.266 e. The van der Waals surface area contributed by atoms with Crippen LogP contribution >= 0.6 is 11.3 Å². The van der Waals surface area contributed by atoms with Crippen molar-refractivity contribution in [1.29, 1.82) is 0 Å². The fraction of sp³-hybridized carbons (Fsp3) is 0.167. The monoisotopic (exact) mass is 416 g/mol. The van der Waals surface area contributed by atoms with Crippen molar-refractivity contribution in [3.8, 4) is 0 Å². The van der Waals surface area contributed by atoms with Crippen molar-refractivity contribution in [3.63, 3.8) is 0 Å². The topological polar surface area (TPSA) is 145 Å². The number of fused-ring (bicyclic) bond motifs is 3. The molecule has 0 spiro atoms. The number of rotatable bonds is 4. The number of hydrogen-bond donors (Lipinski definition) is 1. The van der Waals surface area contributed by atoms with Crippen LogP contribution in [-0.2, 0) is 12.8 Å². The Morgan fingerprint density at radius 2 is 1.67 bits per heavy atom. The lowest BCUT2D eigenvalue weighted by Gasteiger charge is -1.96. The maximum Gasteiger partial charge on any atom is 0.266 e. The highest BCUT2D eigenvalue weighted by molar-refractivity contribution is 7.18. The quantitative estimate of drug-likeness (QED) is 0.454. The molecule has 146 valence electrons. The molecule has 0 aliphatic rings. The van der Waals surface area contributed by atoms with Gasteiger partial charge < -0.3 is 9.40 Å². The maximum atomic E-state index is 5.46. The Balaban J connectivity index is 1.27. The lowest BCUT2D eigenvalue weighted by atomic mass is 10.3. The van der Waals surface area contributed by atoms with Gasteiger partial charge in [0.15, 0.2) is 27.7 Å². The number of thiazole rings is 1. The van der Waals surface area contributed by atoms with Crippen molar-refractivity contribution in [1.82, 2.24) is 49.8 Å². The highest BCUT2D eigenvalue weighted by Gasteiger charge is 2.13. The predicted molar refractivity (Wildman–Crippen MR) is 107 cm³/mol. The molecule has 0 saturated carbocycles. The number of oxazole rings is 1. The fourth-order valence-electron chi connectivity index (χ4n) is 3.10. The van der Waals surface area contributed by atoms with Crippen molar-refractivity contribution in [3.05, 3.63) is 52.9 Å². The van der Waals surface area contributed by atoms with Crippen LogP contribution < -0.4 is 0 Å². The molecular formula is C18H12N10OS. The molecule has 1 N–H and O–H groups in total. The summed E-state index contributed by atoms with van der Waals surface area (Å²) < 4.78 is 5.46. The van der Waals surface area contributed by atoms with Gasteiger partial charge in [0.2, 0.25) is 5.65 Å². The zero-order chi connectivity index (χ0) is 20.1. The summed E-state index contributed by atoms with van der Waals surface area (Å²) in [5.74, 6) is 1.28. The summed E-state index contributed by atoms with van der Waals surface area (Å²) in [7, 11) is 0. The number of aromatic nitrogens is 10. The molecule has 6 rings (SSSR count). The minimum Gasteiger partial charge on any atom is -0.421 e. The molecule has 30 heavy (non-hydrogen) atoms. The molecule has 0 unspecified atom stereocenters. The van der Waals surface area contributed by atoms with Crippen LogP contribution in [0.3, 0.4) is 0 Å². The van der Waals surface area contributed by atoms with Crippen LogP contribution in [0.25, 0.3) is 33.1 Å². The second-order valence-electron chi connectivity index (χ2n) is 6.59. The van der Waals surface area contributed by atoms with Gasteiger partial charge in [-0.2, -0.15) is 4.98 Å². The van der Waals surface area contributed by atoms with E-state index in [1.165, 1.54) is 11.3 Å². The largest absolute Gasteiger partial charge is 0.421 e. The Hall–Kier alpha value is -3.93. The Morgan fingerprint density at radius 1 is 0.833 bits per heavy atom. The Kier molecular flexibility index (Phi) is 3.71. The summed E-state index contributed by atoms with van der Waals surface area (Å²) in [5, 5.41) is 0.851. The SMILES string of the molecule is Cc1nc2ncc(Cc3nc4ncc(Cc5nc6nccnc6[nH]5)nc4s3)nc2o1. The molecule has 12 heteroatoms. The molecule has 0 aliphatic heterocycles. The van der Waals surface area contributed by atoms with Gasteiger partial charge in [0.1, 0.15) is 10.8 Å². The van der Waals surface area contributed by atoms with Crippen molar-refractivity contribution < 1.29 is 4.42 Å². The van der Waals surface area contributed by atoms with E-state index in [4.69, 9.17) is 4.42 Å². The molecule has 6 aromatic rings. The standard InChI is InChI=1S/C18H12N10OS/c1-8-23-15-17(29-8)24-10(7-21-15)5-12-28-16-18(30-12)25-9(6-22-16)4-11-26-13-14(27-11)20-3-2-19-13/h2-3,6-7H,4-5H2,1H3,(H,19,20,26,27). The van der Waals surface area contributed by atoms with Gasteiger partial charge in [0, 0.05) is 32.2 Å². The molecule has 6 aromatic heterocycles. The fourth-order valence-corrected chi connectivity index (χ4v) is 4.03. The van der Waals surface area contributed by atoms with Crippen LogP contribution in [0.15, 0.2) is 29.2 Å². The van der Waals surface area contributed by atoms with E-state index in [1.807, 2.05) is 0 Å². The molecule has 6 heterocycles. The number of aryl methyl sites for hydroxylation is 1. The van der Waals surface area contributed by atoms with Gasteiger partial charge in [-0.3, -0.25) is 0 Å². The third kappa shape index (κ3) is 3.03. The molecular weight excluding hydrogens is 404 g/mol. The van der Waals surface area contributed by atoms with Gasteiger partial charge in [0.05, 0.1) is 23.8 Å². The maximum absolute atomic E-state index is 5.46. The summed E-state index contributed by atoms with van der Waals surface area (Å²) in [6.45, 7) is 1.77. The van der Waals surface area contributed by atoms with E-state index < -0.39 is 0 Å². The van der Waals surface area contributed by atoms with Crippen LogP contribution in [0, 0.1) is 6.92 Å². The molecule has 0 atom stereocenters. The van der Waals surface area contributed by atoms with Gasteiger partial charge in [-0.05, 0) is 0 Å². The highest BCUT2D eigenvalue weighted by atomic mass is 32.1. The van der Waals surface area contributed by atoms with E-state index in [0.717, 1.165) is 27.1 Å². The summed E-state index contributed by atoms with van der Waals surface area (Å²) >= 11 is 1.48. The molecule has 0 saturated heterocycles. The molecule has 0 radical (unpaired) electrons. The first-order chi connectivity index (χ1) is 14.7. The van der Waals surface area contributed by atoms with E-state index in [1.54, 1.807) is 31.7 Å². The zero-order valence-corrected chi connectivity index (χ0v) is 16.4. The number of imidazole rings is 1. The Morgan fingerprint density at radius 3 is 2.57 bits per heavy atom. The lowest BCUT2D eigenvalue weighted by molar-refractivity contribution is 0.550. The molecule has 0 fully saturated rings. The lowest BCUT2D eigenvalue weighted by Crippen LogP contribution is -1.95. The number of nitrogens with zero attached hydrogens (tertiary/aromatic N) is 9. The summed E-state index contributed by atoms with van der Waals surface area (Å²) in [5.41, 5.74) is 4.32. The predicted octanol–water partition coefficient (Wildman–Crippen LogP) is 2.17. The summed E-state index contributed by atoms with van der Waals surface area (Å²) in [4.78, 5) is 43.4. The van der Waals surface area contributed by atoms with Gasteiger partial charge in [-0.25, -0.2) is 39.9 Å². The van der Waals surface area contributed by atoms with Gasteiger partial charge in [0.25, 0.3) is 5.71 Å². The molecule has 0 bridgehead atoms. The second-order valence-corrected chi connectivity index (χ2v) is 7.65. The summed E-state index contributed by atoms with van der Waals surface area (Å²) in [6, 6.07) is 0. The molecule has 0 aromatic carbocycles. The van der Waals surface area contributed by atoms with Crippen LogP contribution in [0.5, 0.6) is 0 Å². The van der Waals surface area contributed by atoms with Crippen molar-refractivity contribution >= 4 is 44.5 Å². The van der Waals surface area contributed by atoms with Crippen LogP contribution in [0.2, 0.25) is 0 Å². The second kappa shape index (κ2) is 6.56. The minimum atomic E-state index is 0.430. The Bertz CT molecular complexity index is 1500. The third-order valence-electron chi connectivity index (χ3n) is 4.36. The van der Waals surface area contributed by atoms with Gasteiger partial charge in [-0.15, -0.1) is 0 Å². The average Bonchev–Trinajstić information content (AvgIpc) is 3.42. The average molecular weight is 416 g/mol. The van der Waals surface area contributed by atoms with E-state index in [2.05, 4.69) is 49.8 Å². The number of aromatic amines is 1. The highest BCUT2D eigenvalue weighted by Crippen LogP contribution is 2.22. The number of nitrogens with one attached hydrogen (secondary N) is 1. The number of H-pyrrole nitrogens is 1. The van der Waals surface area contributed by atoms with E-state index >= 15 is 0 Å². The van der Waals surface area contributed by atoms with Gasteiger partial charge >= 0.3 is 0 Å². The van der Waals surface area contributed by atoms with Crippen LogP contribution in [0.4, 0.5) is 0 Å². The molecule has 11 nitrogen and oxygen atoms in total. The molecule has 0 amide bonds. The van der Waals surface area contributed by atoms with Crippen LogP contribution in [-0.4, -0.2) is 49.8 Å². The van der Waals surface area contributed by atoms with E-state index in [9.17, 15) is 0 Å². The van der Waals surface area contributed by atoms with Crippen LogP contribution in [0.1, 0.15) is 28.1 Å². The minimum absolute atomic E-state index is 0.430. The zero-order valence-electron chi connectivity index (χ0n) is 15.6. The number of hydrogen-bond acceptors (Lipinski definition) is 11. The normalized spacial score (nSPS) is 11.8. The Labute approximate surface area is 171 Å². The van der Waals surface area contributed by atoms with Crippen molar-refractivity contribution in [2.75, 3.05) is 0 Å². The van der Waals surface area contributed by atoms with Crippen molar-refractivity contribution in [2.45, 2.75) is 19.8 Å².